The number of imide groups is 1. The predicted molar refractivity (Wildman–Crippen MR) is 40.9 cm³/mol. The second-order valence-electron chi connectivity index (χ2n) is 2.33. The van der Waals surface area contributed by atoms with Gasteiger partial charge in [0.15, 0.2) is 0 Å². The lowest BCUT2D eigenvalue weighted by Gasteiger charge is -2.11. The van der Waals surface area contributed by atoms with Crippen molar-refractivity contribution in [1.29, 1.82) is 0 Å². The summed E-state index contributed by atoms with van der Waals surface area (Å²) in [5.41, 5.74) is 0.272. The average molecular weight is 170 g/mol. The first-order valence-corrected chi connectivity index (χ1v) is 3.57. The van der Waals surface area contributed by atoms with Crippen molar-refractivity contribution in [3.63, 3.8) is 0 Å². The topological polar surface area (TPSA) is 69.6 Å². The number of likely N-dealkylation sites (N-methyl/N-ethyl adjacent to an activating group) is 1. The first-order valence-electron chi connectivity index (χ1n) is 3.57. The van der Waals surface area contributed by atoms with Crippen LogP contribution in [0.3, 0.4) is 0 Å². The number of β-amino-alcohol motifs (C(OH)–C–C–N with tert-alkyl or cyclic N) is 1. The number of hydrogen-bond acceptors (Lipinski definition) is 4. The van der Waals surface area contributed by atoms with E-state index in [1.54, 1.807) is 7.05 Å². The van der Waals surface area contributed by atoms with Crippen LogP contribution in [0.15, 0.2) is 11.8 Å². The van der Waals surface area contributed by atoms with E-state index in [4.69, 9.17) is 5.11 Å². The number of nitrogens with zero attached hydrogens (tertiary/aromatic N) is 1. The van der Waals surface area contributed by atoms with Crippen LogP contribution >= 0.6 is 0 Å². The summed E-state index contributed by atoms with van der Waals surface area (Å²) in [6.45, 7) is -0.151. The molecule has 1 rings (SSSR count). The molecule has 0 bridgehead atoms. The maximum absolute atomic E-state index is 11.2. The molecule has 1 aliphatic heterocycles. The summed E-state index contributed by atoms with van der Waals surface area (Å²) < 4.78 is 0. The Balaban J connectivity index is 2.73. The third kappa shape index (κ3) is 1.31. The van der Waals surface area contributed by atoms with Crippen LogP contribution < -0.4 is 5.32 Å². The monoisotopic (exact) mass is 170 g/mol. The van der Waals surface area contributed by atoms with Gasteiger partial charge in [0.25, 0.3) is 11.8 Å². The van der Waals surface area contributed by atoms with Crippen molar-refractivity contribution >= 4 is 11.8 Å². The molecule has 1 heterocycles. The molecule has 5 heteroatoms. The number of rotatable bonds is 3. The van der Waals surface area contributed by atoms with Crippen molar-refractivity contribution in [2.45, 2.75) is 0 Å². The van der Waals surface area contributed by atoms with Gasteiger partial charge in [-0.05, 0) is 0 Å². The molecule has 0 unspecified atom stereocenters. The lowest BCUT2D eigenvalue weighted by molar-refractivity contribution is -0.137. The summed E-state index contributed by atoms with van der Waals surface area (Å²) >= 11 is 0. The third-order valence-electron chi connectivity index (χ3n) is 1.60. The van der Waals surface area contributed by atoms with Crippen molar-refractivity contribution in [1.82, 2.24) is 10.2 Å². The summed E-state index contributed by atoms with van der Waals surface area (Å²) in [6, 6.07) is 0. The number of amides is 2. The number of hydrogen-bond donors (Lipinski definition) is 2. The van der Waals surface area contributed by atoms with Gasteiger partial charge < -0.3 is 10.4 Å². The summed E-state index contributed by atoms with van der Waals surface area (Å²) in [4.78, 5) is 23.2. The fraction of sp³-hybridized carbons (Fsp3) is 0.429. The quantitative estimate of drug-likeness (QED) is 0.503. The molecular formula is C7H10N2O3. The molecule has 0 saturated heterocycles. The van der Waals surface area contributed by atoms with E-state index < -0.39 is 0 Å². The summed E-state index contributed by atoms with van der Waals surface area (Å²) in [6.07, 6.45) is 1.22. The molecule has 66 valence electrons. The molecule has 2 N–H and O–H groups in total. The minimum absolute atomic E-state index is 0.0549. The molecular weight excluding hydrogens is 160 g/mol. The molecule has 1 aliphatic rings. The van der Waals surface area contributed by atoms with Crippen LogP contribution in [0, 0.1) is 0 Å². The second-order valence-corrected chi connectivity index (χ2v) is 2.33. The zero-order valence-electron chi connectivity index (χ0n) is 6.70. The van der Waals surface area contributed by atoms with Crippen LogP contribution in [0.2, 0.25) is 0 Å². The molecule has 0 saturated carbocycles. The molecule has 0 fully saturated rings. The van der Waals surface area contributed by atoms with E-state index >= 15 is 0 Å². The second kappa shape index (κ2) is 3.36. The molecule has 5 nitrogen and oxygen atoms in total. The smallest absolute Gasteiger partial charge is 0.277 e. The van der Waals surface area contributed by atoms with E-state index in [2.05, 4.69) is 5.32 Å². The lowest BCUT2D eigenvalue weighted by atomic mass is 10.4. The highest BCUT2D eigenvalue weighted by Crippen LogP contribution is 2.08. The van der Waals surface area contributed by atoms with Gasteiger partial charge in [0, 0.05) is 13.1 Å². The van der Waals surface area contributed by atoms with Crippen molar-refractivity contribution in [3.8, 4) is 0 Å². The van der Waals surface area contributed by atoms with Gasteiger partial charge in [-0.2, -0.15) is 0 Å². The molecule has 2 amide bonds. The molecule has 0 radical (unpaired) electrons. The maximum Gasteiger partial charge on any atom is 0.277 e. The van der Waals surface area contributed by atoms with E-state index in [9.17, 15) is 9.59 Å². The fourth-order valence-electron chi connectivity index (χ4n) is 0.999. The van der Waals surface area contributed by atoms with Crippen LogP contribution in [0.5, 0.6) is 0 Å². The Morgan fingerprint density at radius 1 is 1.58 bits per heavy atom. The maximum atomic E-state index is 11.2. The summed E-state index contributed by atoms with van der Waals surface area (Å²) in [5.74, 6) is -0.755. The highest BCUT2D eigenvalue weighted by molar-refractivity contribution is 6.15. The average Bonchev–Trinajstić information content (AvgIpc) is 2.32. The Bertz CT molecular complexity index is 247. The van der Waals surface area contributed by atoms with Crippen molar-refractivity contribution in [2.24, 2.45) is 0 Å². The molecule has 0 aliphatic carbocycles. The summed E-state index contributed by atoms with van der Waals surface area (Å²) in [7, 11) is 1.57. The standard InChI is InChI=1S/C7H10N2O3/c1-8-5-4-6(11)9(2-3-10)7(5)12/h4,8,10H,2-3H2,1H3. The van der Waals surface area contributed by atoms with Crippen molar-refractivity contribution in [3.05, 3.63) is 11.8 Å². The zero-order chi connectivity index (χ0) is 9.14. The van der Waals surface area contributed by atoms with Gasteiger partial charge in [-0.25, -0.2) is 0 Å². The predicted octanol–water partition coefficient (Wildman–Crippen LogP) is -1.55. The number of carbonyl (C=O) groups is 2. The Hall–Kier alpha value is -1.36. The van der Waals surface area contributed by atoms with Crippen molar-refractivity contribution < 1.29 is 14.7 Å². The number of aliphatic hydroxyl groups is 1. The highest BCUT2D eigenvalue weighted by atomic mass is 16.3. The minimum atomic E-state index is -0.378. The normalized spacial score (nSPS) is 16.8. The van der Waals surface area contributed by atoms with E-state index in [0.717, 1.165) is 4.90 Å². The SMILES string of the molecule is CNC1=CC(=O)N(CCO)C1=O. The Morgan fingerprint density at radius 2 is 2.25 bits per heavy atom. The third-order valence-corrected chi connectivity index (χ3v) is 1.60. The zero-order valence-corrected chi connectivity index (χ0v) is 6.70. The number of aliphatic hydroxyl groups excluding tert-OH is 1. The largest absolute Gasteiger partial charge is 0.395 e. The van der Waals surface area contributed by atoms with Gasteiger partial charge >= 0.3 is 0 Å². The van der Waals surface area contributed by atoms with Crippen LogP contribution in [0.25, 0.3) is 0 Å². The molecule has 0 aromatic heterocycles. The molecule has 0 atom stereocenters. The number of carbonyl (C=O) groups excluding carboxylic acids is 2. The fourth-order valence-corrected chi connectivity index (χ4v) is 0.999. The Morgan fingerprint density at radius 3 is 2.67 bits per heavy atom. The van der Waals surface area contributed by atoms with Crippen LogP contribution in [0.4, 0.5) is 0 Å². The van der Waals surface area contributed by atoms with Gasteiger partial charge in [0.2, 0.25) is 0 Å². The van der Waals surface area contributed by atoms with E-state index in [1.807, 2.05) is 0 Å². The van der Waals surface area contributed by atoms with E-state index in [-0.39, 0.29) is 30.7 Å². The Labute approximate surface area is 69.7 Å². The molecule has 0 spiro atoms. The van der Waals surface area contributed by atoms with Crippen LogP contribution in [-0.2, 0) is 9.59 Å². The highest BCUT2D eigenvalue weighted by Gasteiger charge is 2.29. The van der Waals surface area contributed by atoms with Gasteiger partial charge in [0.1, 0.15) is 5.70 Å². The first kappa shape index (κ1) is 8.73. The summed E-state index contributed by atoms with van der Waals surface area (Å²) in [5, 5.41) is 11.1. The van der Waals surface area contributed by atoms with Crippen molar-refractivity contribution in [2.75, 3.05) is 20.2 Å². The molecule has 0 aromatic rings. The first-order chi connectivity index (χ1) is 5.70. The molecule has 12 heavy (non-hydrogen) atoms. The number of nitrogens with one attached hydrogen (secondary N) is 1. The van der Waals surface area contributed by atoms with Crippen LogP contribution in [0.1, 0.15) is 0 Å². The van der Waals surface area contributed by atoms with E-state index in [0.29, 0.717) is 0 Å². The Kier molecular flexibility index (Phi) is 2.44. The minimum Gasteiger partial charge on any atom is -0.395 e. The van der Waals surface area contributed by atoms with E-state index in [1.165, 1.54) is 6.08 Å². The van der Waals surface area contributed by atoms with Gasteiger partial charge in [-0.15, -0.1) is 0 Å². The van der Waals surface area contributed by atoms with Gasteiger partial charge in [0.05, 0.1) is 13.2 Å². The van der Waals surface area contributed by atoms with Gasteiger partial charge in [-0.3, -0.25) is 14.5 Å². The molecule has 0 aromatic carbocycles. The van der Waals surface area contributed by atoms with Crippen LogP contribution in [-0.4, -0.2) is 42.0 Å². The van der Waals surface area contributed by atoms with Gasteiger partial charge in [-0.1, -0.05) is 0 Å². The lowest BCUT2D eigenvalue weighted by Crippen LogP contribution is -2.35.